The minimum Gasteiger partial charge on any atom is -0.267 e. The largest absolute Gasteiger partial charge is 0.267 e. The molecule has 2 heterocycles. The first-order valence-corrected chi connectivity index (χ1v) is 8.59. The van der Waals surface area contributed by atoms with Gasteiger partial charge in [-0.05, 0) is 34.7 Å². The van der Waals surface area contributed by atoms with Crippen LogP contribution >= 0.6 is 11.3 Å². The highest BCUT2D eigenvalue weighted by Gasteiger charge is 2.14. The second-order valence-corrected chi connectivity index (χ2v) is 6.51. The summed E-state index contributed by atoms with van der Waals surface area (Å²) in [6.45, 7) is 0.545. The van der Waals surface area contributed by atoms with Gasteiger partial charge in [0.2, 0.25) is 0 Å². The third-order valence-electron chi connectivity index (χ3n) is 3.83. The van der Waals surface area contributed by atoms with Crippen LogP contribution in [0.5, 0.6) is 0 Å². The Morgan fingerprint density at radius 1 is 0.958 bits per heavy atom. The first-order chi connectivity index (χ1) is 11.8. The van der Waals surface area contributed by atoms with Gasteiger partial charge < -0.3 is 0 Å². The Labute approximate surface area is 143 Å². The van der Waals surface area contributed by atoms with E-state index in [1.165, 1.54) is 6.07 Å². The van der Waals surface area contributed by atoms with Crippen molar-refractivity contribution in [2.24, 2.45) is 0 Å². The van der Waals surface area contributed by atoms with Crippen molar-refractivity contribution in [3.05, 3.63) is 89.7 Å². The van der Waals surface area contributed by atoms with Crippen LogP contribution in [-0.2, 0) is 6.54 Å². The molecule has 0 saturated heterocycles. The number of halogens is 1. The van der Waals surface area contributed by atoms with Crippen LogP contribution in [-0.4, -0.2) is 9.78 Å². The molecule has 2 aromatic heterocycles. The van der Waals surface area contributed by atoms with E-state index in [1.54, 1.807) is 23.5 Å². The number of nitrogens with zero attached hydrogens (tertiary/aromatic N) is 2. The topological polar surface area (TPSA) is 17.8 Å². The second-order valence-electron chi connectivity index (χ2n) is 5.56. The third-order valence-corrected chi connectivity index (χ3v) is 4.71. The summed E-state index contributed by atoms with van der Waals surface area (Å²) in [4.78, 5) is 1.13. The van der Waals surface area contributed by atoms with Crippen LogP contribution < -0.4 is 0 Å². The van der Waals surface area contributed by atoms with E-state index in [2.05, 4.69) is 23.6 Å². The molecular weight excluding hydrogens is 319 g/mol. The number of benzene rings is 2. The molecule has 2 nitrogen and oxygen atoms in total. The highest BCUT2D eigenvalue weighted by atomic mass is 32.1. The minimum atomic E-state index is -0.221. The van der Waals surface area contributed by atoms with Gasteiger partial charge in [0.05, 0.1) is 11.4 Å². The van der Waals surface area contributed by atoms with E-state index in [0.717, 1.165) is 27.3 Å². The summed E-state index contributed by atoms with van der Waals surface area (Å²) in [7, 11) is 0. The fourth-order valence-corrected chi connectivity index (χ4v) is 3.47. The lowest BCUT2D eigenvalue weighted by Crippen LogP contribution is -2.00. The van der Waals surface area contributed by atoms with Gasteiger partial charge in [-0.1, -0.05) is 48.5 Å². The molecule has 0 aliphatic carbocycles. The van der Waals surface area contributed by atoms with Crippen molar-refractivity contribution in [3.8, 4) is 21.7 Å². The monoisotopic (exact) mass is 334 g/mol. The molecule has 4 heteroatoms. The van der Waals surface area contributed by atoms with Crippen molar-refractivity contribution in [1.82, 2.24) is 9.78 Å². The summed E-state index contributed by atoms with van der Waals surface area (Å²) < 4.78 is 15.3. The van der Waals surface area contributed by atoms with Gasteiger partial charge in [-0.25, -0.2) is 4.39 Å². The average Bonchev–Trinajstić information content (AvgIpc) is 3.25. The SMILES string of the molecule is Fc1cccc(Cn2cc(-c3ccccc3)c(-c3cccs3)n2)c1. The number of hydrogen-bond donors (Lipinski definition) is 0. The Bertz CT molecular complexity index is 943. The van der Waals surface area contributed by atoms with Gasteiger partial charge in [-0.15, -0.1) is 11.3 Å². The fraction of sp³-hybridized carbons (Fsp3) is 0.0500. The smallest absolute Gasteiger partial charge is 0.123 e. The van der Waals surface area contributed by atoms with Gasteiger partial charge in [0, 0.05) is 11.8 Å². The molecular formula is C20H15FN2S. The summed E-state index contributed by atoms with van der Waals surface area (Å²) in [6.07, 6.45) is 2.04. The van der Waals surface area contributed by atoms with Crippen LogP contribution in [0, 0.1) is 5.82 Å². The van der Waals surface area contributed by atoms with E-state index >= 15 is 0 Å². The van der Waals surface area contributed by atoms with Crippen molar-refractivity contribution >= 4 is 11.3 Å². The normalized spacial score (nSPS) is 10.9. The Morgan fingerprint density at radius 2 is 1.83 bits per heavy atom. The van der Waals surface area contributed by atoms with Gasteiger partial charge in [0.1, 0.15) is 11.5 Å². The molecule has 0 atom stereocenters. The van der Waals surface area contributed by atoms with Crippen molar-refractivity contribution in [1.29, 1.82) is 0 Å². The number of aromatic nitrogens is 2. The molecule has 0 aliphatic rings. The molecule has 0 N–H and O–H groups in total. The first kappa shape index (κ1) is 14.8. The number of thiophene rings is 1. The molecule has 0 unspecified atom stereocenters. The molecule has 0 amide bonds. The zero-order valence-electron chi connectivity index (χ0n) is 12.9. The zero-order chi connectivity index (χ0) is 16.4. The Morgan fingerprint density at radius 3 is 2.58 bits per heavy atom. The van der Waals surface area contributed by atoms with Crippen molar-refractivity contribution < 1.29 is 4.39 Å². The van der Waals surface area contributed by atoms with Crippen molar-refractivity contribution in [2.75, 3.05) is 0 Å². The van der Waals surface area contributed by atoms with Crippen LogP contribution in [0.1, 0.15) is 5.56 Å². The van der Waals surface area contributed by atoms with Crippen molar-refractivity contribution in [2.45, 2.75) is 6.54 Å². The zero-order valence-corrected chi connectivity index (χ0v) is 13.7. The molecule has 0 bridgehead atoms. The maximum atomic E-state index is 13.4. The van der Waals surface area contributed by atoms with Gasteiger partial charge in [-0.3, -0.25) is 4.68 Å². The molecule has 0 radical (unpaired) electrons. The molecule has 0 fully saturated rings. The van der Waals surface area contributed by atoms with Crippen LogP contribution in [0.2, 0.25) is 0 Å². The number of rotatable bonds is 4. The van der Waals surface area contributed by atoms with E-state index < -0.39 is 0 Å². The molecule has 4 rings (SSSR count). The summed E-state index contributed by atoms with van der Waals surface area (Å²) in [5.74, 6) is -0.221. The predicted molar refractivity (Wildman–Crippen MR) is 96.5 cm³/mol. The summed E-state index contributed by atoms with van der Waals surface area (Å²) in [6, 6.07) is 21.0. The predicted octanol–water partition coefficient (Wildman–Crippen LogP) is 5.47. The molecule has 0 saturated carbocycles. The Balaban J connectivity index is 1.77. The van der Waals surface area contributed by atoms with E-state index in [4.69, 9.17) is 5.10 Å². The molecule has 4 aromatic rings. The standard InChI is InChI=1S/C20H15FN2S/c21-17-9-4-6-15(12-17)13-23-14-18(16-7-2-1-3-8-16)20(22-23)19-10-5-11-24-19/h1-12,14H,13H2. The van der Waals surface area contributed by atoms with Crippen LogP contribution in [0.3, 0.4) is 0 Å². The van der Waals surface area contributed by atoms with Gasteiger partial charge >= 0.3 is 0 Å². The first-order valence-electron chi connectivity index (χ1n) is 7.71. The fourth-order valence-electron chi connectivity index (χ4n) is 2.75. The van der Waals surface area contributed by atoms with Gasteiger partial charge in [0.25, 0.3) is 0 Å². The maximum absolute atomic E-state index is 13.4. The quantitative estimate of drug-likeness (QED) is 0.484. The molecule has 118 valence electrons. The van der Waals surface area contributed by atoms with E-state index in [0.29, 0.717) is 6.54 Å². The van der Waals surface area contributed by atoms with Crippen LogP contribution in [0.25, 0.3) is 21.7 Å². The van der Waals surface area contributed by atoms with Gasteiger partial charge in [-0.2, -0.15) is 5.10 Å². The van der Waals surface area contributed by atoms with E-state index in [-0.39, 0.29) is 5.82 Å². The molecule has 0 aliphatic heterocycles. The van der Waals surface area contributed by atoms with Gasteiger partial charge in [0.15, 0.2) is 0 Å². The Kier molecular flexibility index (Phi) is 3.97. The maximum Gasteiger partial charge on any atom is 0.123 e. The summed E-state index contributed by atoms with van der Waals surface area (Å²) in [5, 5.41) is 6.81. The lowest BCUT2D eigenvalue weighted by molar-refractivity contribution is 0.619. The Hall–Kier alpha value is -2.72. The minimum absolute atomic E-state index is 0.221. The molecule has 0 spiro atoms. The van der Waals surface area contributed by atoms with Crippen molar-refractivity contribution in [3.63, 3.8) is 0 Å². The third kappa shape index (κ3) is 3.01. The molecule has 24 heavy (non-hydrogen) atoms. The average molecular weight is 334 g/mol. The number of hydrogen-bond acceptors (Lipinski definition) is 2. The summed E-state index contributed by atoms with van der Waals surface area (Å²) >= 11 is 1.67. The molecule has 2 aromatic carbocycles. The second kappa shape index (κ2) is 6.42. The highest BCUT2D eigenvalue weighted by Crippen LogP contribution is 2.33. The van der Waals surface area contributed by atoms with Crippen LogP contribution in [0.15, 0.2) is 78.3 Å². The lowest BCUT2D eigenvalue weighted by atomic mass is 10.1. The van der Waals surface area contributed by atoms with E-state index in [9.17, 15) is 4.39 Å². The highest BCUT2D eigenvalue weighted by molar-refractivity contribution is 7.13. The van der Waals surface area contributed by atoms with E-state index in [1.807, 2.05) is 41.2 Å². The van der Waals surface area contributed by atoms with Crippen LogP contribution in [0.4, 0.5) is 4.39 Å². The lowest BCUT2D eigenvalue weighted by Gasteiger charge is -2.01. The summed E-state index contributed by atoms with van der Waals surface area (Å²) in [5.41, 5.74) is 4.09.